The molecule has 0 saturated heterocycles. The van der Waals surface area contributed by atoms with Crippen molar-refractivity contribution in [2.24, 2.45) is 0 Å². The summed E-state index contributed by atoms with van der Waals surface area (Å²) in [4.78, 5) is 0. The van der Waals surface area contributed by atoms with Gasteiger partial charge in [-0.2, -0.15) is 11.8 Å². The zero-order valence-electron chi connectivity index (χ0n) is 14.5. The first-order valence-corrected chi connectivity index (χ1v) is 8.99. The molecule has 2 nitrogen and oxygen atoms in total. The first-order chi connectivity index (χ1) is 9.87. The van der Waals surface area contributed by atoms with Crippen molar-refractivity contribution in [3.8, 4) is 5.75 Å². The average molecular weight is 310 g/mol. The molecule has 0 aliphatic heterocycles. The van der Waals surface area contributed by atoms with E-state index in [2.05, 4.69) is 58.1 Å². The fraction of sp³-hybridized carbons (Fsp3) is 0.667. The van der Waals surface area contributed by atoms with Crippen molar-refractivity contribution < 1.29 is 4.74 Å². The van der Waals surface area contributed by atoms with Gasteiger partial charge in [0.25, 0.3) is 0 Å². The Hall–Kier alpha value is -0.670. The van der Waals surface area contributed by atoms with Gasteiger partial charge in [0.1, 0.15) is 5.75 Å². The molecule has 1 atom stereocenters. The van der Waals surface area contributed by atoms with E-state index in [1.54, 1.807) is 0 Å². The Balaban J connectivity index is 2.89. The standard InChI is InChI=1S/C18H31NOS/c1-7-11-19-14(3)15-9-10-17(20-8-2)16(12-15)13-21-18(4,5)6/h9-10,12,14,19H,7-8,11,13H2,1-6H3. The molecule has 0 amide bonds. The Morgan fingerprint density at radius 3 is 2.52 bits per heavy atom. The topological polar surface area (TPSA) is 21.3 Å². The molecule has 0 aromatic heterocycles. The molecule has 21 heavy (non-hydrogen) atoms. The third-order valence-electron chi connectivity index (χ3n) is 3.25. The van der Waals surface area contributed by atoms with E-state index >= 15 is 0 Å². The van der Waals surface area contributed by atoms with Crippen LogP contribution in [-0.4, -0.2) is 17.9 Å². The van der Waals surface area contributed by atoms with Crippen LogP contribution in [0.1, 0.15) is 65.1 Å². The maximum atomic E-state index is 5.78. The summed E-state index contributed by atoms with van der Waals surface area (Å²) < 4.78 is 6.05. The number of hydrogen-bond donors (Lipinski definition) is 1. The summed E-state index contributed by atoms with van der Waals surface area (Å²) in [6.45, 7) is 15.0. The second kappa shape index (κ2) is 8.70. The molecular formula is C18H31NOS. The summed E-state index contributed by atoms with van der Waals surface area (Å²) >= 11 is 1.96. The lowest BCUT2D eigenvalue weighted by atomic mass is 10.0. The summed E-state index contributed by atoms with van der Waals surface area (Å²) in [6.07, 6.45) is 1.16. The van der Waals surface area contributed by atoms with Gasteiger partial charge in [-0.15, -0.1) is 0 Å². The van der Waals surface area contributed by atoms with Crippen molar-refractivity contribution in [1.29, 1.82) is 0 Å². The highest BCUT2D eigenvalue weighted by atomic mass is 32.2. The number of nitrogens with one attached hydrogen (secondary N) is 1. The van der Waals surface area contributed by atoms with Crippen LogP contribution in [0.2, 0.25) is 0 Å². The molecule has 1 N–H and O–H groups in total. The van der Waals surface area contributed by atoms with Crippen LogP contribution in [0.5, 0.6) is 5.75 Å². The highest BCUT2D eigenvalue weighted by molar-refractivity contribution is 7.99. The maximum Gasteiger partial charge on any atom is 0.123 e. The summed E-state index contributed by atoms with van der Waals surface area (Å²) in [6, 6.07) is 7.00. The van der Waals surface area contributed by atoms with Crippen LogP contribution >= 0.6 is 11.8 Å². The van der Waals surface area contributed by atoms with Crippen molar-refractivity contribution in [2.75, 3.05) is 13.2 Å². The quantitative estimate of drug-likeness (QED) is 0.715. The summed E-state index contributed by atoms with van der Waals surface area (Å²) in [5.74, 6) is 2.02. The zero-order chi connectivity index (χ0) is 15.9. The lowest BCUT2D eigenvalue weighted by molar-refractivity contribution is 0.337. The SMILES string of the molecule is CCCNC(C)c1ccc(OCC)c(CSC(C)(C)C)c1. The summed E-state index contributed by atoms with van der Waals surface area (Å²) in [5, 5.41) is 3.55. The fourth-order valence-electron chi connectivity index (χ4n) is 2.05. The van der Waals surface area contributed by atoms with Gasteiger partial charge in [-0.25, -0.2) is 0 Å². The number of benzene rings is 1. The molecule has 3 heteroatoms. The van der Waals surface area contributed by atoms with Crippen molar-refractivity contribution >= 4 is 11.8 Å². The molecule has 0 bridgehead atoms. The van der Waals surface area contributed by atoms with Gasteiger partial charge in [-0.1, -0.05) is 33.8 Å². The van der Waals surface area contributed by atoms with Gasteiger partial charge in [0.15, 0.2) is 0 Å². The fourth-order valence-corrected chi connectivity index (χ4v) is 2.86. The Bertz CT molecular complexity index is 426. The molecular weight excluding hydrogens is 278 g/mol. The Kier molecular flexibility index (Phi) is 7.61. The van der Waals surface area contributed by atoms with E-state index in [0.29, 0.717) is 6.04 Å². The largest absolute Gasteiger partial charge is 0.494 e. The molecule has 0 aliphatic carbocycles. The van der Waals surface area contributed by atoms with Crippen LogP contribution in [0, 0.1) is 0 Å². The molecule has 0 fully saturated rings. The van der Waals surface area contributed by atoms with E-state index in [1.165, 1.54) is 11.1 Å². The van der Waals surface area contributed by atoms with Crippen LogP contribution in [-0.2, 0) is 5.75 Å². The molecule has 1 unspecified atom stereocenters. The van der Waals surface area contributed by atoms with Gasteiger partial charge >= 0.3 is 0 Å². The monoisotopic (exact) mass is 309 g/mol. The minimum absolute atomic E-state index is 0.269. The second-order valence-electron chi connectivity index (χ2n) is 6.38. The average Bonchev–Trinajstić information content (AvgIpc) is 2.43. The van der Waals surface area contributed by atoms with Gasteiger partial charge in [0.2, 0.25) is 0 Å². The molecule has 120 valence electrons. The lowest BCUT2D eigenvalue weighted by Crippen LogP contribution is -2.19. The molecule has 1 aromatic rings. The number of thioether (sulfide) groups is 1. The first kappa shape index (κ1) is 18.4. The van der Waals surface area contributed by atoms with Gasteiger partial charge < -0.3 is 10.1 Å². The van der Waals surface area contributed by atoms with Gasteiger partial charge in [0.05, 0.1) is 6.61 Å². The number of hydrogen-bond acceptors (Lipinski definition) is 3. The van der Waals surface area contributed by atoms with E-state index in [0.717, 1.165) is 31.1 Å². The van der Waals surface area contributed by atoms with E-state index in [4.69, 9.17) is 4.74 Å². The number of ether oxygens (including phenoxy) is 1. The van der Waals surface area contributed by atoms with Crippen LogP contribution in [0.4, 0.5) is 0 Å². The smallest absolute Gasteiger partial charge is 0.123 e. The van der Waals surface area contributed by atoms with Crippen LogP contribution in [0.25, 0.3) is 0 Å². The molecule has 1 aromatic carbocycles. The Morgan fingerprint density at radius 1 is 1.24 bits per heavy atom. The molecule has 0 spiro atoms. The van der Waals surface area contributed by atoms with Crippen molar-refractivity contribution in [3.05, 3.63) is 29.3 Å². The second-order valence-corrected chi connectivity index (χ2v) is 8.18. The zero-order valence-corrected chi connectivity index (χ0v) is 15.3. The molecule has 0 heterocycles. The van der Waals surface area contributed by atoms with Gasteiger partial charge in [-0.05, 0) is 44.5 Å². The maximum absolute atomic E-state index is 5.78. The van der Waals surface area contributed by atoms with E-state index < -0.39 is 0 Å². The lowest BCUT2D eigenvalue weighted by Gasteiger charge is -2.21. The molecule has 0 saturated carbocycles. The summed E-state index contributed by atoms with van der Waals surface area (Å²) in [5.41, 5.74) is 2.65. The Labute approximate surface area is 135 Å². The van der Waals surface area contributed by atoms with Gasteiger partial charge in [-0.3, -0.25) is 0 Å². The van der Waals surface area contributed by atoms with Gasteiger partial charge in [0, 0.05) is 22.1 Å². The number of rotatable bonds is 8. The predicted octanol–water partition coefficient (Wildman–Crippen LogP) is 5.18. The normalized spacial score (nSPS) is 13.2. The molecule has 0 aliphatic rings. The van der Waals surface area contributed by atoms with Crippen molar-refractivity contribution in [3.63, 3.8) is 0 Å². The minimum atomic E-state index is 0.269. The summed E-state index contributed by atoms with van der Waals surface area (Å²) in [7, 11) is 0. The van der Waals surface area contributed by atoms with Crippen LogP contribution in [0.3, 0.4) is 0 Å². The predicted molar refractivity (Wildman–Crippen MR) is 95.4 cm³/mol. The van der Waals surface area contributed by atoms with E-state index in [9.17, 15) is 0 Å². The first-order valence-electron chi connectivity index (χ1n) is 8.00. The van der Waals surface area contributed by atoms with Crippen molar-refractivity contribution in [2.45, 2.75) is 64.5 Å². The third kappa shape index (κ3) is 6.75. The van der Waals surface area contributed by atoms with Crippen LogP contribution in [0.15, 0.2) is 18.2 Å². The van der Waals surface area contributed by atoms with E-state index in [-0.39, 0.29) is 4.75 Å². The minimum Gasteiger partial charge on any atom is -0.494 e. The molecule has 1 rings (SSSR count). The van der Waals surface area contributed by atoms with Crippen molar-refractivity contribution in [1.82, 2.24) is 5.32 Å². The Morgan fingerprint density at radius 2 is 1.95 bits per heavy atom. The third-order valence-corrected chi connectivity index (χ3v) is 4.57. The van der Waals surface area contributed by atoms with E-state index in [1.807, 2.05) is 18.7 Å². The highest BCUT2D eigenvalue weighted by Crippen LogP contribution is 2.32. The van der Waals surface area contributed by atoms with Crippen LogP contribution < -0.4 is 10.1 Å². The molecule has 0 radical (unpaired) electrons. The highest BCUT2D eigenvalue weighted by Gasteiger charge is 2.14.